The van der Waals surface area contributed by atoms with Gasteiger partial charge in [-0.15, -0.1) is 0 Å². The molecule has 0 fully saturated rings. The number of nitrogens with zero attached hydrogens (tertiary/aromatic N) is 1. The summed E-state index contributed by atoms with van der Waals surface area (Å²) in [5.41, 5.74) is 2.17. The second-order valence-corrected chi connectivity index (χ2v) is 3.22. The van der Waals surface area contributed by atoms with Crippen molar-refractivity contribution in [2.75, 3.05) is 7.11 Å². The van der Waals surface area contributed by atoms with Crippen LogP contribution in [0.15, 0.2) is 12.1 Å². The van der Waals surface area contributed by atoms with Gasteiger partial charge in [0.2, 0.25) is 5.88 Å². The molecule has 0 aliphatic carbocycles. The molecule has 1 aromatic rings. The number of hydrogen-bond donors (Lipinski definition) is 0. The normalized spacial score (nSPS) is 9.36. The fourth-order valence-corrected chi connectivity index (χ4v) is 1.05. The smallest absolute Gasteiger partial charge is 0.216 e. The van der Waals surface area contributed by atoms with Crippen molar-refractivity contribution in [2.45, 2.75) is 40.5 Å². The van der Waals surface area contributed by atoms with Crippen LogP contribution in [0.4, 0.5) is 0 Å². The lowest BCUT2D eigenvalue weighted by molar-refractivity contribution is 0.392. The second-order valence-electron chi connectivity index (χ2n) is 3.22. The van der Waals surface area contributed by atoms with E-state index in [1.54, 1.807) is 7.11 Å². The van der Waals surface area contributed by atoms with Crippen molar-refractivity contribution in [3.63, 3.8) is 0 Å². The van der Waals surface area contributed by atoms with Crippen LogP contribution in [0, 0.1) is 6.92 Å². The summed E-state index contributed by atoms with van der Waals surface area (Å²) in [6, 6.07) is 4.09. The number of ether oxygens (including phenoxy) is 1. The molecule has 14 heavy (non-hydrogen) atoms. The Bertz CT molecular complexity index is 269. The SMILES string of the molecule is CC.COc1nc(C(C)C)ccc1C. The molecule has 0 saturated carbocycles. The molecule has 1 rings (SSSR count). The van der Waals surface area contributed by atoms with E-state index < -0.39 is 0 Å². The van der Waals surface area contributed by atoms with E-state index in [2.05, 4.69) is 18.8 Å². The Kier molecular flexibility index (Phi) is 5.93. The van der Waals surface area contributed by atoms with Gasteiger partial charge in [0.1, 0.15) is 0 Å². The average molecular weight is 195 g/mol. The Balaban J connectivity index is 0.000000791. The predicted molar refractivity (Wildman–Crippen MR) is 61.0 cm³/mol. The van der Waals surface area contributed by atoms with Gasteiger partial charge in [-0.2, -0.15) is 0 Å². The van der Waals surface area contributed by atoms with Crippen LogP contribution in [0.25, 0.3) is 0 Å². The molecule has 0 atom stereocenters. The van der Waals surface area contributed by atoms with Gasteiger partial charge in [0.05, 0.1) is 7.11 Å². The summed E-state index contributed by atoms with van der Waals surface area (Å²) in [5.74, 6) is 1.20. The quantitative estimate of drug-likeness (QED) is 0.720. The number of methoxy groups -OCH3 is 1. The molecule has 0 aliphatic heterocycles. The molecule has 0 radical (unpaired) electrons. The molecule has 0 spiro atoms. The summed E-state index contributed by atoms with van der Waals surface area (Å²) in [7, 11) is 1.65. The first-order chi connectivity index (χ1) is 6.65. The van der Waals surface area contributed by atoms with Gasteiger partial charge in [0.15, 0.2) is 0 Å². The minimum Gasteiger partial charge on any atom is -0.481 e. The van der Waals surface area contributed by atoms with Gasteiger partial charge < -0.3 is 4.74 Å². The number of aromatic nitrogens is 1. The van der Waals surface area contributed by atoms with E-state index >= 15 is 0 Å². The van der Waals surface area contributed by atoms with Crippen LogP contribution in [0.5, 0.6) is 5.88 Å². The van der Waals surface area contributed by atoms with Gasteiger partial charge in [-0.25, -0.2) is 4.98 Å². The Morgan fingerprint density at radius 3 is 2.21 bits per heavy atom. The van der Waals surface area contributed by atoms with Crippen LogP contribution < -0.4 is 4.74 Å². The fourth-order valence-electron chi connectivity index (χ4n) is 1.05. The molecule has 2 heteroatoms. The molecule has 0 aliphatic rings. The first-order valence-electron chi connectivity index (χ1n) is 5.16. The van der Waals surface area contributed by atoms with Crippen LogP contribution >= 0.6 is 0 Å². The van der Waals surface area contributed by atoms with Crippen LogP contribution in [0.1, 0.15) is 44.9 Å². The molecule has 0 saturated heterocycles. The summed E-state index contributed by atoms with van der Waals surface area (Å²) in [4.78, 5) is 4.37. The minimum absolute atomic E-state index is 0.458. The lowest BCUT2D eigenvalue weighted by Crippen LogP contribution is -1.97. The van der Waals surface area contributed by atoms with Gasteiger partial charge >= 0.3 is 0 Å². The first-order valence-corrected chi connectivity index (χ1v) is 5.16. The third-order valence-electron chi connectivity index (χ3n) is 1.86. The summed E-state index contributed by atoms with van der Waals surface area (Å²) in [6.45, 7) is 10.2. The number of pyridine rings is 1. The highest BCUT2D eigenvalue weighted by Crippen LogP contribution is 2.18. The lowest BCUT2D eigenvalue weighted by Gasteiger charge is -2.08. The van der Waals surface area contributed by atoms with E-state index in [9.17, 15) is 0 Å². The Morgan fingerprint density at radius 1 is 1.21 bits per heavy atom. The second kappa shape index (κ2) is 6.41. The van der Waals surface area contributed by atoms with Crippen molar-refractivity contribution in [1.29, 1.82) is 0 Å². The van der Waals surface area contributed by atoms with Crippen LogP contribution in [-0.4, -0.2) is 12.1 Å². The highest BCUT2D eigenvalue weighted by Gasteiger charge is 2.04. The first kappa shape index (κ1) is 12.9. The molecule has 2 nitrogen and oxygen atoms in total. The van der Waals surface area contributed by atoms with E-state index in [4.69, 9.17) is 4.74 Å². The predicted octanol–water partition coefficient (Wildman–Crippen LogP) is 3.55. The monoisotopic (exact) mass is 195 g/mol. The maximum absolute atomic E-state index is 5.12. The topological polar surface area (TPSA) is 22.1 Å². The zero-order valence-electron chi connectivity index (χ0n) is 10.1. The highest BCUT2D eigenvalue weighted by atomic mass is 16.5. The summed E-state index contributed by atoms with van der Waals surface area (Å²) >= 11 is 0. The molecule has 0 aromatic carbocycles. The van der Waals surface area contributed by atoms with Crippen LogP contribution in [-0.2, 0) is 0 Å². The maximum Gasteiger partial charge on any atom is 0.216 e. The fraction of sp³-hybridized carbons (Fsp3) is 0.583. The van der Waals surface area contributed by atoms with E-state index in [0.717, 1.165) is 17.1 Å². The van der Waals surface area contributed by atoms with Gasteiger partial charge in [0, 0.05) is 11.3 Å². The Labute approximate surface area is 87.3 Å². The molecule has 0 N–H and O–H groups in total. The van der Waals surface area contributed by atoms with Gasteiger partial charge in [-0.1, -0.05) is 33.8 Å². The van der Waals surface area contributed by atoms with Gasteiger partial charge in [-0.05, 0) is 18.9 Å². The average Bonchev–Trinajstić information content (AvgIpc) is 2.21. The molecule has 0 unspecified atom stereocenters. The molecule has 80 valence electrons. The molecule has 0 bridgehead atoms. The van der Waals surface area contributed by atoms with Gasteiger partial charge in [-0.3, -0.25) is 0 Å². The maximum atomic E-state index is 5.12. The van der Waals surface area contributed by atoms with E-state index in [1.165, 1.54) is 0 Å². The third kappa shape index (κ3) is 3.36. The van der Waals surface area contributed by atoms with Crippen molar-refractivity contribution in [3.8, 4) is 5.88 Å². The van der Waals surface area contributed by atoms with E-state index in [-0.39, 0.29) is 0 Å². The summed E-state index contributed by atoms with van der Waals surface area (Å²) < 4.78 is 5.12. The largest absolute Gasteiger partial charge is 0.481 e. The Hall–Kier alpha value is -1.05. The number of aryl methyl sites for hydroxylation is 1. The standard InChI is InChI=1S/C10H15NO.C2H6/c1-7(2)9-6-5-8(3)10(11-9)12-4;1-2/h5-7H,1-4H3;1-2H3. The van der Waals surface area contributed by atoms with Crippen molar-refractivity contribution in [1.82, 2.24) is 4.98 Å². The minimum atomic E-state index is 0.458. The highest BCUT2D eigenvalue weighted by molar-refractivity contribution is 5.27. The van der Waals surface area contributed by atoms with Crippen molar-refractivity contribution in [2.24, 2.45) is 0 Å². The van der Waals surface area contributed by atoms with E-state index in [1.807, 2.05) is 32.9 Å². The molecular formula is C12H21NO. The Morgan fingerprint density at radius 2 is 1.79 bits per heavy atom. The summed E-state index contributed by atoms with van der Waals surface area (Å²) in [6.07, 6.45) is 0. The number of rotatable bonds is 2. The molecule has 1 aromatic heterocycles. The zero-order chi connectivity index (χ0) is 11.1. The van der Waals surface area contributed by atoms with Crippen molar-refractivity contribution >= 4 is 0 Å². The number of hydrogen-bond acceptors (Lipinski definition) is 2. The molecule has 0 amide bonds. The molecular weight excluding hydrogens is 174 g/mol. The van der Waals surface area contributed by atoms with E-state index in [0.29, 0.717) is 5.92 Å². The van der Waals surface area contributed by atoms with Gasteiger partial charge in [0.25, 0.3) is 0 Å². The van der Waals surface area contributed by atoms with Crippen molar-refractivity contribution in [3.05, 3.63) is 23.4 Å². The van der Waals surface area contributed by atoms with Crippen LogP contribution in [0.2, 0.25) is 0 Å². The zero-order valence-corrected chi connectivity index (χ0v) is 10.1. The lowest BCUT2D eigenvalue weighted by atomic mass is 10.1. The third-order valence-corrected chi connectivity index (χ3v) is 1.86. The molecule has 1 heterocycles. The van der Waals surface area contributed by atoms with Crippen LogP contribution in [0.3, 0.4) is 0 Å². The summed E-state index contributed by atoms with van der Waals surface area (Å²) in [5, 5.41) is 0. The van der Waals surface area contributed by atoms with Crippen molar-refractivity contribution < 1.29 is 4.74 Å².